The Hall–Kier alpha value is -2.29. The molecule has 0 atom stereocenters. The molecule has 0 aliphatic heterocycles. The first kappa shape index (κ1) is 17.5. The molecule has 25 heavy (non-hydrogen) atoms. The van der Waals surface area contributed by atoms with Gasteiger partial charge in [-0.25, -0.2) is 0 Å². The summed E-state index contributed by atoms with van der Waals surface area (Å²) in [7, 11) is 8.11. The molecule has 0 aliphatic rings. The fourth-order valence-corrected chi connectivity index (χ4v) is 4.91. The van der Waals surface area contributed by atoms with Crippen molar-refractivity contribution in [1.82, 2.24) is 0 Å². The molecule has 0 amide bonds. The molecule has 0 bridgehead atoms. The van der Waals surface area contributed by atoms with Crippen LogP contribution in [0.4, 0.5) is 11.4 Å². The van der Waals surface area contributed by atoms with Crippen LogP contribution < -0.4 is 15.2 Å². The molecule has 0 fully saturated rings. The summed E-state index contributed by atoms with van der Waals surface area (Å²) in [6.07, 6.45) is 0. The SMILES string of the molecule is CN(C)c1ccc(-c2cc(=O)cc(-c3ccc(N(C)C)cc3)[se]2)cc1. The molecular formula is C21H22N2OSe. The third-order valence-electron chi connectivity index (χ3n) is 4.10. The molecule has 0 spiro atoms. The van der Waals surface area contributed by atoms with E-state index in [4.69, 9.17) is 0 Å². The molecule has 3 rings (SSSR count). The summed E-state index contributed by atoms with van der Waals surface area (Å²) in [5.41, 5.74) is 4.67. The second-order valence-corrected chi connectivity index (χ2v) is 8.68. The topological polar surface area (TPSA) is 23.6 Å². The van der Waals surface area contributed by atoms with Crippen molar-refractivity contribution >= 4 is 25.9 Å². The van der Waals surface area contributed by atoms with E-state index in [0.717, 1.165) is 31.4 Å². The van der Waals surface area contributed by atoms with E-state index >= 15 is 0 Å². The molecule has 0 saturated heterocycles. The molecule has 1 aromatic heterocycles. The first-order valence-electron chi connectivity index (χ1n) is 8.15. The fraction of sp³-hybridized carbons (Fsp3) is 0.190. The molecule has 0 unspecified atom stereocenters. The van der Waals surface area contributed by atoms with Crippen molar-refractivity contribution in [3.05, 3.63) is 70.9 Å². The fourth-order valence-electron chi connectivity index (χ4n) is 2.61. The molecule has 3 aromatic rings. The molecule has 4 heteroatoms. The molecule has 2 aromatic carbocycles. The molecular weight excluding hydrogens is 375 g/mol. The second-order valence-electron chi connectivity index (χ2n) is 6.40. The molecule has 1 heterocycles. The van der Waals surface area contributed by atoms with Crippen molar-refractivity contribution in [2.24, 2.45) is 0 Å². The van der Waals surface area contributed by atoms with Crippen LogP contribution in [0.1, 0.15) is 0 Å². The standard InChI is InChI=1S/C21H22N2OSe/c1-22(2)17-9-5-15(6-10-17)20-13-19(24)14-21(25-20)16-7-11-18(12-8-16)23(3)4/h5-14H,1-4H3. The van der Waals surface area contributed by atoms with Crippen LogP contribution in [0, 0.1) is 0 Å². The van der Waals surface area contributed by atoms with Crippen LogP contribution in [0.5, 0.6) is 0 Å². The molecule has 3 nitrogen and oxygen atoms in total. The molecule has 0 saturated carbocycles. The summed E-state index contributed by atoms with van der Waals surface area (Å²) in [5.74, 6) is 0. The van der Waals surface area contributed by atoms with Gasteiger partial charge in [0.1, 0.15) is 0 Å². The van der Waals surface area contributed by atoms with Crippen molar-refractivity contribution in [1.29, 1.82) is 0 Å². The molecule has 0 radical (unpaired) electrons. The van der Waals surface area contributed by atoms with Crippen LogP contribution in [0.2, 0.25) is 0 Å². The van der Waals surface area contributed by atoms with E-state index in [9.17, 15) is 4.79 Å². The molecule has 0 aliphatic carbocycles. The van der Waals surface area contributed by atoms with Gasteiger partial charge >= 0.3 is 155 Å². The number of anilines is 2. The van der Waals surface area contributed by atoms with E-state index in [1.807, 2.05) is 28.2 Å². The minimum absolute atomic E-state index is 0.0755. The maximum absolute atomic E-state index is 12.2. The summed E-state index contributed by atoms with van der Waals surface area (Å²) in [6, 6.07) is 20.4. The first-order valence-corrected chi connectivity index (χ1v) is 9.86. The Morgan fingerprint density at radius 3 is 1.32 bits per heavy atom. The van der Waals surface area contributed by atoms with E-state index in [0.29, 0.717) is 0 Å². The number of benzene rings is 2. The van der Waals surface area contributed by atoms with E-state index in [1.54, 1.807) is 12.1 Å². The third kappa shape index (κ3) is 4.04. The van der Waals surface area contributed by atoms with Crippen LogP contribution in [0.3, 0.4) is 0 Å². The van der Waals surface area contributed by atoms with Crippen molar-refractivity contribution in [3.63, 3.8) is 0 Å². The van der Waals surface area contributed by atoms with Gasteiger partial charge in [0, 0.05) is 0 Å². The van der Waals surface area contributed by atoms with Crippen LogP contribution in [0.15, 0.2) is 65.5 Å². The van der Waals surface area contributed by atoms with Crippen molar-refractivity contribution in [3.8, 4) is 20.0 Å². The van der Waals surface area contributed by atoms with Gasteiger partial charge in [-0.15, -0.1) is 0 Å². The first-order chi connectivity index (χ1) is 11.9. The van der Waals surface area contributed by atoms with E-state index in [-0.39, 0.29) is 19.9 Å². The number of hydrogen-bond acceptors (Lipinski definition) is 3. The van der Waals surface area contributed by atoms with Crippen LogP contribution >= 0.6 is 0 Å². The Labute approximate surface area is 154 Å². The van der Waals surface area contributed by atoms with Crippen molar-refractivity contribution < 1.29 is 0 Å². The predicted molar refractivity (Wildman–Crippen MR) is 109 cm³/mol. The normalized spacial score (nSPS) is 10.6. The Kier molecular flexibility index (Phi) is 5.12. The van der Waals surface area contributed by atoms with Crippen LogP contribution in [-0.4, -0.2) is 42.7 Å². The average molecular weight is 397 g/mol. The van der Waals surface area contributed by atoms with Gasteiger partial charge in [-0.2, -0.15) is 0 Å². The minimum atomic E-state index is 0.0755. The van der Waals surface area contributed by atoms with Gasteiger partial charge in [-0.3, -0.25) is 0 Å². The van der Waals surface area contributed by atoms with Gasteiger partial charge in [0.15, 0.2) is 0 Å². The van der Waals surface area contributed by atoms with Gasteiger partial charge in [0.05, 0.1) is 0 Å². The summed E-state index contributed by atoms with van der Waals surface area (Å²) in [4.78, 5) is 16.4. The monoisotopic (exact) mass is 398 g/mol. The van der Waals surface area contributed by atoms with E-state index in [1.165, 1.54) is 0 Å². The Morgan fingerprint density at radius 1 is 0.640 bits per heavy atom. The quantitative estimate of drug-likeness (QED) is 0.629. The maximum atomic E-state index is 12.2. The molecule has 0 N–H and O–H groups in total. The summed E-state index contributed by atoms with van der Waals surface area (Å²) in [6.45, 7) is 0. The Balaban J connectivity index is 1.99. The zero-order valence-electron chi connectivity index (χ0n) is 15.0. The number of nitrogens with zero attached hydrogens (tertiary/aromatic N) is 2. The third-order valence-corrected chi connectivity index (χ3v) is 6.51. The van der Waals surface area contributed by atoms with Crippen molar-refractivity contribution in [2.45, 2.75) is 0 Å². The van der Waals surface area contributed by atoms with E-state index in [2.05, 4.69) is 58.3 Å². The van der Waals surface area contributed by atoms with Crippen LogP contribution in [0.25, 0.3) is 20.0 Å². The summed E-state index contributed by atoms with van der Waals surface area (Å²) >= 11 is 0.118. The van der Waals surface area contributed by atoms with Gasteiger partial charge in [-0.05, 0) is 0 Å². The summed E-state index contributed by atoms with van der Waals surface area (Å²) < 4.78 is 2.27. The van der Waals surface area contributed by atoms with Gasteiger partial charge in [0.25, 0.3) is 0 Å². The van der Waals surface area contributed by atoms with E-state index < -0.39 is 0 Å². The average Bonchev–Trinajstić information content (AvgIpc) is 2.61. The molecule has 128 valence electrons. The van der Waals surface area contributed by atoms with Gasteiger partial charge in [-0.1, -0.05) is 0 Å². The van der Waals surface area contributed by atoms with Gasteiger partial charge < -0.3 is 0 Å². The zero-order valence-corrected chi connectivity index (χ0v) is 16.7. The van der Waals surface area contributed by atoms with Gasteiger partial charge in [0.2, 0.25) is 0 Å². The zero-order chi connectivity index (χ0) is 18.0. The van der Waals surface area contributed by atoms with Crippen molar-refractivity contribution in [2.75, 3.05) is 38.0 Å². The number of rotatable bonds is 4. The second kappa shape index (κ2) is 7.30. The number of hydrogen-bond donors (Lipinski definition) is 0. The summed E-state index contributed by atoms with van der Waals surface area (Å²) in [5, 5.41) is 0. The Bertz CT molecular complexity index is 837. The predicted octanol–water partition coefficient (Wildman–Crippen LogP) is 3.57. The van der Waals surface area contributed by atoms with Crippen LogP contribution in [-0.2, 0) is 0 Å². The Morgan fingerprint density at radius 2 is 1.00 bits per heavy atom.